The number of hydrogen-bond acceptors (Lipinski definition) is 9. The predicted octanol–water partition coefficient (Wildman–Crippen LogP) is 5.67. The Morgan fingerprint density at radius 2 is 1.74 bits per heavy atom. The van der Waals surface area contributed by atoms with Gasteiger partial charge in [-0.05, 0) is 55.2 Å². The molecule has 0 radical (unpaired) electrons. The summed E-state index contributed by atoms with van der Waals surface area (Å²) in [5.41, 5.74) is 11.6. The maximum absolute atomic E-state index is 13.1. The Hall–Kier alpha value is -5.63. The average molecular weight is 621 g/mol. The van der Waals surface area contributed by atoms with Crippen molar-refractivity contribution in [1.82, 2.24) is 19.6 Å². The van der Waals surface area contributed by atoms with Crippen LogP contribution in [0, 0.1) is 11.3 Å². The van der Waals surface area contributed by atoms with Gasteiger partial charge in [-0.15, -0.1) is 5.10 Å². The van der Waals surface area contributed by atoms with E-state index in [1.54, 1.807) is 18.5 Å². The van der Waals surface area contributed by atoms with Crippen LogP contribution in [0.3, 0.4) is 0 Å². The van der Waals surface area contributed by atoms with Gasteiger partial charge in [-0.1, -0.05) is 61.0 Å². The van der Waals surface area contributed by atoms with Gasteiger partial charge in [0, 0.05) is 10.9 Å². The van der Waals surface area contributed by atoms with E-state index >= 15 is 0 Å². The summed E-state index contributed by atoms with van der Waals surface area (Å²) >= 11 is 0. The van der Waals surface area contributed by atoms with E-state index in [9.17, 15) is 14.9 Å². The molecule has 0 saturated heterocycles. The monoisotopic (exact) mass is 620 g/mol. The predicted molar refractivity (Wildman–Crippen MR) is 173 cm³/mol. The Kier molecular flexibility index (Phi) is 9.97. The molecule has 11 heteroatoms. The minimum atomic E-state index is -0.676. The number of ether oxygens (including phenoxy) is 3. The smallest absolute Gasteiger partial charge is 0.357 e. The lowest BCUT2D eigenvalue weighted by Crippen LogP contribution is -2.20. The highest BCUT2D eigenvalue weighted by atomic mass is 16.5. The van der Waals surface area contributed by atoms with Crippen LogP contribution in [0.2, 0.25) is 0 Å². The number of nitrogen functional groups attached to an aromatic ring is 1. The van der Waals surface area contributed by atoms with Gasteiger partial charge in [0.05, 0.1) is 42.7 Å². The van der Waals surface area contributed by atoms with Gasteiger partial charge in [-0.2, -0.15) is 5.26 Å². The van der Waals surface area contributed by atoms with E-state index in [1.807, 2.05) is 73.8 Å². The summed E-state index contributed by atoms with van der Waals surface area (Å²) in [4.78, 5) is 25.7. The molecule has 0 aliphatic carbocycles. The molecule has 46 heavy (non-hydrogen) atoms. The molecule has 0 bridgehead atoms. The van der Waals surface area contributed by atoms with Crippen molar-refractivity contribution >= 4 is 28.5 Å². The number of aryl methyl sites for hydroxylation is 1. The highest BCUT2D eigenvalue weighted by Crippen LogP contribution is 2.40. The largest absolute Gasteiger partial charge is 0.487 e. The van der Waals surface area contributed by atoms with E-state index in [4.69, 9.17) is 19.9 Å². The first-order valence-corrected chi connectivity index (χ1v) is 15.2. The number of esters is 2. The van der Waals surface area contributed by atoms with Crippen molar-refractivity contribution in [3.05, 3.63) is 94.9 Å². The quantitative estimate of drug-likeness (QED) is 0.164. The zero-order valence-corrected chi connectivity index (χ0v) is 26.2. The van der Waals surface area contributed by atoms with Crippen molar-refractivity contribution in [2.45, 2.75) is 53.3 Å². The van der Waals surface area contributed by atoms with Crippen molar-refractivity contribution in [2.24, 2.45) is 0 Å². The van der Waals surface area contributed by atoms with Crippen LogP contribution >= 0.6 is 0 Å². The van der Waals surface area contributed by atoms with Crippen LogP contribution in [-0.2, 0) is 40.4 Å². The number of rotatable bonds is 13. The van der Waals surface area contributed by atoms with E-state index < -0.39 is 11.9 Å². The molecule has 0 amide bonds. The highest BCUT2D eigenvalue weighted by molar-refractivity contribution is 6.10. The summed E-state index contributed by atoms with van der Waals surface area (Å²) in [5.74, 6) is -0.614. The summed E-state index contributed by atoms with van der Waals surface area (Å²) in [6.45, 7) is 6.27. The van der Waals surface area contributed by atoms with Crippen LogP contribution in [-0.4, -0.2) is 44.7 Å². The van der Waals surface area contributed by atoms with Gasteiger partial charge in [0.2, 0.25) is 0 Å². The number of nitrogens with two attached hydrogens (primary N) is 1. The third-order valence-corrected chi connectivity index (χ3v) is 7.46. The third-order valence-electron chi connectivity index (χ3n) is 7.46. The number of fused-ring (bicyclic) bond motifs is 1. The van der Waals surface area contributed by atoms with Crippen LogP contribution in [0.1, 0.15) is 60.1 Å². The molecule has 0 atom stereocenters. The second-order valence-corrected chi connectivity index (χ2v) is 10.6. The maximum Gasteiger partial charge on any atom is 0.357 e. The molecule has 5 aromatic rings. The molecule has 0 aliphatic rings. The summed E-state index contributed by atoms with van der Waals surface area (Å²) in [7, 11) is 0. The molecule has 3 aromatic carbocycles. The molecular formula is C35H36N6O5. The molecule has 236 valence electrons. The van der Waals surface area contributed by atoms with Crippen LogP contribution in [0.4, 0.5) is 5.69 Å². The van der Waals surface area contributed by atoms with E-state index in [-0.39, 0.29) is 37.7 Å². The number of nitriles is 1. The van der Waals surface area contributed by atoms with Crippen molar-refractivity contribution in [3.63, 3.8) is 0 Å². The SMILES string of the molecule is CCCc1cc2c(N)c(C(=O)OCC)n(CC(=O)OCC)c2c(C#N)c1-c1ccc(OCc2cn(Cc3ccccc3)nn2)cc1. The molecule has 0 saturated carbocycles. The lowest BCUT2D eigenvalue weighted by molar-refractivity contribution is -0.143. The number of carbonyl (C=O) groups excluding carboxylic acids is 2. The standard InChI is InChI=1S/C35H36N6O5/c1-4-10-25-17-28-32(37)34(35(43)45-6-3)41(21-30(42)44-5-2)33(28)29(18-36)31(25)24-13-15-27(16-14-24)46-22-26-20-40(39-38-26)19-23-11-8-7-9-12-23/h7-9,11-17,20H,4-6,10,19,21-22,37H2,1-3H3. The molecule has 0 spiro atoms. The zero-order chi connectivity index (χ0) is 32.6. The number of nitrogens with zero attached hydrogens (tertiary/aromatic N) is 5. The Bertz CT molecular complexity index is 1890. The molecule has 2 heterocycles. The van der Waals surface area contributed by atoms with Crippen LogP contribution in [0.5, 0.6) is 5.75 Å². The van der Waals surface area contributed by atoms with E-state index in [2.05, 4.69) is 16.4 Å². The minimum Gasteiger partial charge on any atom is -0.487 e. The van der Waals surface area contributed by atoms with Crippen LogP contribution < -0.4 is 10.5 Å². The number of hydrogen-bond donors (Lipinski definition) is 1. The van der Waals surface area contributed by atoms with E-state index in [0.717, 1.165) is 23.1 Å². The van der Waals surface area contributed by atoms with E-state index in [1.165, 1.54) is 4.57 Å². The Balaban J connectivity index is 1.49. The molecule has 5 rings (SSSR count). The topological polar surface area (TPSA) is 147 Å². The fourth-order valence-corrected chi connectivity index (χ4v) is 5.54. The van der Waals surface area contributed by atoms with Gasteiger partial charge < -0.3 is 24.5 Å². The molecule has 2 aromatic heterocycles. The molecular weight excluding hydrogens is 584 g/mol. The summed E-state index contributed by atoms with van der Waals surface area (Å²) < 4.78 is 19.7. The summed E-state index contributed by atoms with van der Waals surface area (Å²) in [6.07, 6.45) is 3.33. The van der Waals surface area contributed by atoms with Crippen molar-refractivity contribution in [2.75, 3.05) is 18.9 Å². The normalized spacial score (nSPS) is 10.9. The van der Waals surface area contributed by atoms with Crippen molar-refractivity contribution in [1.29, 1.82) is 5.26 Å². The molecule has 0 fully saturated rings. The second kappa shape index (κ2) is 14.4. The molecule has 0 aliphatic heterocycles. The highest BCUT2D eigenvalue weighted by Gasteiger charge is 2.28. The first-order valence-electron chi connectivity index (χ1n) is 15.2. The van der Waals surface area contributed by atoms with Crippen molar-refractivity contribution < 1.29 is 23.8 Å². The average Bonchev–Trinajstić information content (AvgIpc) is 3.61. The first-order chi connectivity index (χ1) is 22.4. The van der Waals surface area contributed by atoms with Gasteiger partial charge in [-0.25, -0.2) is 9.48 Å². The van der Waals surface area contributed by atoms with Gasteiger partial charge in [-0.3, -0.25) is 4.79 Å². The fraction of sp³-hybridized carbons (Fsp3) is 0.286. The fourth-order valence-electron chi connectivity index (χ4n) is 5.54. The second-order valence-electron chi connectivity index (χ2n) is 10.6. The lowest BCUT2D eigenvalue weighted by atomic mass is 9.90. The van der Waals surface area contributed by atoms with Crippen molar-refractivity contribution in [3.8, 4) is 22.9 Å². The van der Waals surface area contributed by atoms with Crippen LogP contribution in [0.25, 0.3) is 22.0 Å². The number of carbonyl (C=O) groups is 2. The van der Waals surface area contributed by atoms with Crippen LogP contribution in [0.15, 0.2) is 66.9 Å². The number of anilines is 1. The van der Waals surface area contributed by atoms with E-state index in [0.29, 0.717) is 46.4 Å². The minimum absolute atomic E-state index is 0.0189. The first kappa shape index (κ1) is 31.8. The molecule has 2 N–H and O–H groups in total. The maximum atomic E-state index is 13.1. The summed E-state index contributed by atoms with van der Waals surface area (Å²) in [6, 6.07) is 21.7. The number of benzene rings is 3. The van der Waals surface area contributed by atoms with Gasteiger partial charge in [0.25, 0.3) is 0 Å². The van der Waals surface area contributed by atoms with Gasteiger partial charge >= 0.3 is 11.9 Å². The third kappa shape index (κ3) is 6.71. The Labute approximate surface area is 267 Å². The number of aromatic nitrogens is 4. The van der Waals surface area contributed by atoms with Gasteiger partial charge in [0.15, 0.2) is 5.69 Å². The molecule has 11 nitrogen and oxygen atoms in total. The zero-order valence-electron chi connectivity index (χ0n) is 26.2. The summed E-state index contributed by atoms with van der Waals surface area (Å²) in [5, 5.41) is 19.5. The Morgan fingerprint density at radius 1 is 1.00 bits per heavy atom. The molecule has 0 unspecified atom stereocenters. The lowest BCUT2D eigenvalue weighted by Gasteiger charge is -2.16. The van der Waals surface area contributed by atoms with Gasteiger partial charge in [0.1, 0.15) is 30.7 Å². The Morgan fingerprint density at radius 3 is 2.41 bits per heavy atom.